The second kappa shape index (κ2) is 6.38. The van der Waals surface area contributed by atoms with E-state index >= 15 is 0 Å². The van der Waals surface area contributed by atoms with E-state index in [-0.39, 0.29) is 0 Å². The number of nitrogens with two attached hydrogens (primary N) is 1. The van der Waals surface area contributed by atoms with Gasteiger partial charge in [0.2, 0.25) is 0 Å². The lowest BCUT2D eigenvalue weighted by molar-refractivity contribution is 0.922. The lowest BCUT2D eigenvalue weighted by atomic mass is 9.92. The molecule has 2 aromatic carbocycles. The van der Waals surface area contributed by atoms with E-state index in [4.69, 9.17) is 5.73 Å². The minimum Gasteiger partial charge on any atom is -0.398 e. The summed E-state index contributed by atoms with van der Waals surface area (Å²) in [7, 11) is 0. The summed E-state index contributed by atoms with van der Waals surface area (Å²) in [5.41, 5.74) is 13.2. The van der Waals surface area contributed by atoms with Crippen LogP contribution in [0.3, 0.4) is 0 Å². The van der Waals surface area contributed by atoms with Gasteiger partial charge in [0.25, 0.3) is 0 Å². The lowest BCUT2D eigenvalue weighted by Gasteiger charge is -2.16. The van der Waals surface area contributed by atoms with Gasteiger partial charge in [-0.1, -0.05) is 55.3 Å². The number of benzene rings is 2. The molecular weight excluding hydrogens is 244 g/mol. The Hall–Kier alpha value is -2.09. The summed E-state index contributed by atoms with van der Waals surface area (Å²) in [6.07, 6.45) is 2.15. The molecule has 2 nitrogen and oxygen atoms in total. The summed E-state index contributed by atoms with van der Waals surface area (Å²) in [6.45, 7) is 8.43. The van der Waals surface area contributed by atoms with E-state index in [9.17, 15) is 0 Å². The van der Waals surface area contributed by atoms with Crippen LogP contribution in [0.2, 0.25) is 0 Å². The highest BCUT2D eigenvalue weighted by molar-refractivity contribution is 5.82. The minimum atomic E-state index is 0.567. The quantitative estimate of drug-likeness (QED) is 0.632. The van der Waals surface area contributed by atoms with Crippen molar-refractivity contribution >= 4 is 12.4 Å². The first kappa shape index (κ1) is 14.3. The maximum Gasteiger partial charge on any atom is 0.0652 e. The van der Waals surface area contributed by atoms with E-state index in [0.717, 1.165) is 29.7 Å². The van der Waals surface area contributed by atoms with Crippen LogP contribution in [-0.2, 0) is 13.0 Å². The fourth-order valence-electron chi connectivity index (χ4n) is 2.59. The molecule has 0 aliphatic heterocycles. The Bertz CT molecular complexity index is 615. The second-order valence-corrected chi connectivity index (χ2v) is 5.17. The fraction of sp³-hybridized carbons (Fsp3) is 0.278. The van der Waals surface area contributed by atoms with Gasteiger partial charge in [-0.25, -0.2) is 0 Å². The van der Waals surface area contributed by atoms with Gasteiger partial charge in [-0.15, -0.1) is 0 Å². The number of anilines is 1. The van der Waals surface area contributed by atoms with Crippen molar-refractivity contribution in [3.63, 3.8) is 0 Å². The van der Waals surface area contributed by atoms with Crippen LogP contribution in [0.25, 0.3) is 11.1 Å². The highest BCUT2D eigenvalue weighted by Gasteiger charge is 2.12. The molecule has 2 heteroatoms. The highest BCUT2D eigenvalue weighted by atomic mass is 14.7. The summed E-state index contributed by atoms with van der Waals surface area (Å²) in [6, 6.07) is 12.8. The molecule has 2 aromatic rings. The molecule has 0 aliphatic carbocycles. The number of nitrogen functional groups attached to an aromatic ring is 1. The van der Waals surface area contributed by atoms with E-state index < -0.39 is 0 Å². The molecule has 0 fully saturated rings. The Morgan fingerprint density at radius 2 is 1.90 bits per heavy atom. The van der Waals surface area contributed by atoms with Gasteiger partial charge in [0, 0.05) is 11.3 Å². The Morgan fingerprint density at radius 3 is 2.55 bits per heavy atom. The van der Waals surface area contributed by atoms with Gasteiger partial charge < -0.3 is 5.73 Å². The maximum absolute atomic E-state index is 6.39. The van der Waals surface area contributed by atoms with E-state index in [0.29, 0.717) is 6.54 Å². The van der Waals surface area contributed by atoms with Gasteiger partial charge in [0.1, 0.15) is 0 Å². The molecule has 0 bridgehead atoms. The van der Waals surface area contributed by atoms with Crippen molar-refractivity contribution < 1.29 is 0 Å². The van der Waals surface area contributed by atoms with E-state index in [1.54, 1.807) is 0 Å². The van der Waals surface area contributed by atoms with Crippen LogP contribution < -0.4 is 5.73 Å². The van der Waals surface area contributed by atoms with Gasteiger partial charge in [-0.3, -0.25) is 4.99 Å². The molecule has 0 atom stereocenters. The van der Waals surface area contributed by atoms with Crippen LogP contribution in [0.4, 0.5) is 5.69 Å². The van der Waals surface area contributed by atoms with Crippen LogP contribution >= 0.6 is 0 Å². The van der Waals surface area contributed by atoms with Crippen LogP contribution in [0.1, 0.15) is 30.0 Å². The average Bonchev–Trinajstić information content (AvgIpc) is 2.42. The first-order valence-electron chi connectivity index (χ1n) is 7.07. The summed E-state index contributed by atoms with van der Waals surface area (Å²) in [4.78, 5) is 3.96. The molecule has 0 radical (unpaired) electrons. The molecule has 0 aliphatic rings. The second-order valence-electron chi connectivity index (χ2n) is 5.17. The highest BCUT2D eigenvalue weighted by Crippen LogP contribution is 2.34. The van der Waals surface area contributed by atoms with Gasteiger partial charge in [0.05, 0.1) is 6.54 Å². The third-order valence-electron chi connectivity index (χ3n) is 3.53. The molecule has 2 N–H and O–H groups in total. The van der Waals surface area contributed by atoms with Crippen LogP contribution in [-0.4, -0.2) is 6.72 Å². The largest absolute Gasteiger partial charge is 0.398 e. The Balaban J connectivity index is 2.63. The first-order chi connectivity index (χ1) is 9.67. The summed E-state index contributed by atoms with van der Waals surface area (Å²) in [5.74, 6) is 0. The maximum atomic E-state index is 6.39. The molecule has 0 amide bonds. The number of rotatable bonds is 5. The Labute approximate surface area is 121 Å². The van der Waals surface area contributed by atoms with Crippen molar-refractivity contribution in [2.45, 2.75) is 33.2 Å². The number of aliphatic imine (C=N–C) groups is 1. The van der Waals surface area contributed by atoms with E-state index in [1.165, 1.54) is 16.7 Å². The molecular formula is C18H22N2. The van der Waals surface area contributed by atoms with Crippen molar-refractivity contribution in [3.05, 3.63) is 53.1 Å². The topological polar surface area (TPSA) is 38.4 Å². The average molecular weight is 266 g/mol. The Kier molecular flexibility index (Phi) is 4.57. The number of aryl methyl sites for hydroxylation is 2. The standard InChI is InChI=1S/C18H22N2/c1-4-6-14-9-10-16(12-20-3)18(19)17(14)15-8-5-7-13(2)11-15/h5,7-11H,3-4,6,12,19H2,1-2H3. The SMILES string of the molecule is C=NCc1ccc(CCC)c(-c2cccc(C)c2)c1N. The third-order valence-corrected chi connectivity index (χ3v) is 3.53. The molecule has 0 spiro atoms. The van der Waals surface area contributed by atoms with Crippen molar-refractivity contribution in [2.75, 3.05) is 5.73 Å². The zero-order valence-corrected chi connectivity index (χ0v) is 12.3. The first-order valence-corrected chi connectivity index (χ1v) is 7.07. The van der Waals surface area contributed by atoms with Crippen LogP contribution in [0, 0.1) is 6.92 Å². The Morgan fingerprint density at radius 1 is 1.15 bits per heavy atom. The summed E-state index contributed by atoms with van der Waals surface area (Å²) >= 11 is 0. The molecule has 2 rings (SSSR count). The molecule has 20 heavy (non-hydrogen) atoms. The molecule has 0 saturated carbocycles. The summed E-state index contributed by atoms with van der Waals surface area (Å²) in [5, 5.41) is 0. The number of hydrogen-bond acceptors (Lipinski definition) is 2. The fourth-order valence-corrected chi connectivity index (χ4v) is 2.59. The predicted molar refractivity (Wildman–Crippen MR) is 88.3 cm³/mol. The monoisotopic (exact) mass is 266 g/mol. The van der Waals surface area contributed by atoms with Gasteiger partial charge in [0.15, 0.2) is 0 Å². The van der Waals surface area contributed by atoms with Gasteiger partial charge in [-0.05, 0) is 36.8 Å². The summed E-state index contributed by atoms with van der Waals surface area (Å²) < 4.78 is 0. The molecule has 104 valence electrons. The van der Waals surface area contributed by atoms with Crippen molar-refractivity contribution in [1.29, 1.82) is 0 Å². The number of nitrogens with zero attached hydrogens (tertiary/aromatic N) is 1. The van der Waals surface area contributed by atoms with E-state index in [1.807, 2.05) is 0 Å². The predicted octanol–water partition coefficient (Wildman–Crippen LogP) is 4.40. The van der Waals surface area contributed by atoms with Crippen LogP contribution in [0.5, 0.6) is 0 Å². The number of hydrogen-bond donors (Lipinski definition) is 1. The molecule has 0 saturated heterocycles. The van der Waals surface area contributed by atoms with Crippen molar-refractivity contribution in [2.24, 2.45) is 4.99 Å². The van der Waals surface area contributed by atoms with Gasteiger partial charge in [-0.2, -0.15) is 0 Å². The third kappa shape index (κ3) is 2.90. The van der Waals surface area contributed by atoms with Crippen LogP contribution in [0.15, 0.2) is 41.4 Å². The lowest BCUT2D eigenvalue weighted by Crippen LogP contribution is -2.01. The minimum absolute atomic E-state index is 0.567. The van der Waals surface area contributed by atoms with Crippen molar-refractivity contribution in [1.82, 2.24) is 0 Å². The molecule has 0 aromatic heterocycles. The smallest absolute Gasteiger partial charge is 0.0652 e. The molecule has 0 unspecified atom stereocenters. The zero-order valence-electron chi connectivity index (χ0n) is 12.3. The van der Waals surface area contributed by atoms with Crippen molar-refractivity contribution in [3.8, 4) is 11.1 Å². The van der Waals surface area contributed by atoms with Gasteiger partial charge >= 0.3 is 0 Å². The zero-order chi connectivity index (χ0) is 14.5. The van der Waals surface area contributed by atoms with E-state index in [2.05, 4.69) is 62.0 Å². The normalized spacial score (nSPS) is 10.5. The molecule has 0 heterocycles.